The number of esters is 1. The van der Waals surface area contributed by atoms with E-state index in [1.54, 1.807) is 16.7 Å². The normalized spacial score (nSPS) is 23.2. The van der Waals surface area contributed by atoms with E-state index in [4.69, 9.17) is 14.2 Å². The molecule has 2 aliphatic heterocycles. The molecule has 2 aliphatic rings. The molecule has 7 nitrogen and oxygen atoms in total. The zero-order valence-corrected chi connectivity index (χ0v) is 23.5. The van der Waals surface area contributed by atoms with Crippen molar-refractivity contribution in [1.82, 2.24) is 9.80 Å². The molecular formula is C31H34N2O5S. The van der Waals surface area contributed by atoms with E-state index >= 15 is 0 Å². The molecule has 39 heavy (non-hydrogen) atoms. The van der Waals surface area contributed by atoms with Crippen LogP contribution >= 0.6 is 11.8 Å². The molecule has 8 heteroatoms. The number of rotatable bonds is 9. The van der Waals surface area contributed by atoms with Gasteiger partial charge in [-0.1, -0.05) is 72.8 Å². The predicted molar refractivity (Wildman–Crippen MR) is 151 cm³/mol. The Morgan fingerprint density at radius 1 is 1.03 bits per heavy atom. The number of thioether (sulfide) groups is 1. The monoisotopic (exact) mass is 546 g/mol. The molecule has 4 atom stereocenters. The number of ether oxygens (including phenoxy) is 3. The van der Waals surface area contributed by atoms with Gasteiger partial charge in [0, 0.05) is 0 Å². The quantitative estimate of drug-likeness (QED) is 0.270. The van der Waals surface area contributed by atoms with Gasteiger partial charge in [-0.15, -0.1) is 11.8 Å². The van der Waals surface area contributed by atoms with Crippen molar-refractivity contribution in [3.63, 3.8) is 0 Å². The number of amides is 1. The summed E-state index contributed by atoms with van der Waals surface area (Å²) in [5.74, 6) is 0.0890. The minimum atomic E-state index is -0.860. The number of nitrogens with zero attached hydrogens (tertiary/aromatic N) is 2. The second-order valence-electron chi connectivity index (χ2n) is 10.2. The summed E-state index contributed by atoms with van der Waals surface area (Å²) in [5, 5.41) is -0.261. The lowest BCUT2D eigenvalue weighted by molar-refractivity contribution is -0.178. The van der Waals surface area contributed by atoms with Crippen LogP contribution in [0, 0.1) is 0 Å². The maximum absolute atomic E-state index is 13.9. The van der Waals surface area contributed by atoms with Gasteiger partial charge < -0.3 is 19.1 Å². The molecule has 3 aromatic carbocycles. The minimum absolute atomic E-state index is 0.0652. The summed E-state index contributed by atoms with van der Waals surface area (Å²) in [6.45, 7) is 4.93. The first-order valence-corrected chi connectivity index (χ1v) is 14.3. The van der Waals surface area contributed by atoms with Crippen LogP contribution in [0.15, 0.2) is 84.9 Å². The lowest BCUT2D eigenvalue weighted by Gasteiger charge is -2.55. The molecule has 0 bridgehead atoms. The number of likely N-dealkylation sites (tertiary alicyclic amines) is 1. The van der Waals surface area contributed by atoms with Crippen molar-refractivity contribution in [3.8, 4) is 5.75 Å². The van der Waals surface area contributed by atoms with Gasteiger partial charge in [-0.25, -0.2) is 4.79 Å². The first kappa shape index (κ1) is 27.2. The van der Waals surface area contributed by atoms with Gasteiger partial charge in [-0.2, -0.15) is 0 Å². The average molecular weight is 547 g/mol. The van der Waals surface area contributed by atoms with Gasteiger partial charge in [0.2, 0.25) is 5.91 Å². The van der Waals surface area contributed by atoms with Crippen molar-refractivity contribution in [3.05, 3.63) is 102 Å². The fraction of sp³-hybridized carbons (Fsp3) is 0.355. The molecule has 2 saturated heterocycles. The molecule has 0 radical (unpaired) electrons. The Hall–Kier alpha value is -3.33. The van der Waals surface area contributed by atoms with Crippen molar-refractivity contribution in [2.45, 2.75) is 49.7 Å². The zero-order chi connectivity index (χ0) is 27.6. The molecule has 3 unspecified atom stereocenters. The Morgan fingerprint density at radius 2 is 1.67 bits per heavy atom. The van der Waals surface area contributed by atoms with Crippen LogP contribution in [-0.2, 0) is 25.7 Å². The average Bonchev–Trinajstić information content (AvgIpc) is 3.28. The Kier molecular flexibility index (Phi) is 7.98. The highest BCUT2D eigenvalue weighted by Crippen LogP contribution is 2.47. The van der Waals surface area contributed by atoms with Crippen LogP contribution in [0.3, 0.4) is 0 Å². The van der Waals surface area contributed by atoms with Crippen LogP contribution < -0.4 is 4.74 Å². The van der Waals surface area contributed by atoms with Crippen molar-refractivity contribution >= 4 is 23.6 Å². The molecule has 204 valence electrons. The maximum Gasteiger partial charge on any atom is 0.333 e. The fourth-order valence-corrected chi connectivity index (χ4v) is 6.48. The molecular weight excluding hydrogens is 512 g/mol. The van der Waals surface area contributed by atoms with Crippen LogP contribution in [-0.4, -0.2) is 58.8 Å². The molecule has 3 aromatic rings. The molecule has 0 aliphatic carbocycles. The van der Waals surface area contributed by atoms with Gasteiger partial charge in [0.15, 0.2) is 6.04 Å². The number of hydrogen-bond donors (Lipinski definition) is 0. The summed E-state index contributed by atoms with van der Waals surface area (Å²) >= 11 is 1.55. The fourth-order valence-electron chi connectivity index (χ4n) is 5.53. The van der Waals surface area contributed by atoms with E-state index in [1.807, 2.05) is 92.9 Å². The van der Waals surface area contributed by atoms with E-state index in [0.29, 0.717) is 24.5 Å². The van der Waals surface area contributed by atoms with Gasteiger partial charge in [0.05, 0.1) is 19.8 Å². The van der Waals surface area contributed by atoms with E-state index in [2.05, 4.69) is 17.0 Å². The molecule has 0 saturated carbocycles. The molecule has 1 amide bonds. The van der Waals surface area contributed by atoms with Gasteiger partial charge in [-0.05, 0) is 48.9 Å². The van der Waals surface area contributed by atoms with Crippen molar-refractivity contribution in [2.75, 3.05) is 20.0 Å². The van der Waals surface area contributed by atoms with E-state index in [1.165, 1.54) is 7.11 Å². The van der Waals surface area contributed by atoms with Crippen LogP contribution in [0.25, 0.3) is 0 Å². The van der Waals surface area contributed by atoms with Gasteiger partial charge in [-0.3, -0.25) is 9.69 Å². The second-order valence-corrected chi connectivity index (χ2v) is 11.1. The second kappa shape index (κ2) is 11.4. The SMILES string of the molecule is COC(=O)C(c1ccc(OCc2ccccc2)cc1)N1C(=O)C(N2[C@@H](c3ccccc3)COC2(C)C)C1SC. The van der Waals surface area contributed by atoms with Crippen LogP contribution in [0.4, 0.5) is 0 Å². The highest BCUT2D eigenvalue weighted by atomic mass is 32.2. The third-order valence-electron chi connectivity index (χ3n) is 7.48. The van der Waals surface area contributed by atoms with E-state index in [-0.39, 0.29) is 17.3 Å². The van der Waals surface area contributed by atoms with Crippen LogP contribution in [0.2, 0.25) is 0 Å². The standard InChI is InChI=1S/C31H34N2O5S/c1-31(2)33(25(20-38-31)22-13-9-6-10-14-22)27-28(34)32(29(27)39-4)26(30(35)36-3)23-15-17-24(18-16-23)37-19-21-11-7-5-8-12-21/h5-18,25-27,29H,19-20H2,1-4H3/t25-,26?,27?,29?/m1/s1. The lowest BCUT2D eigenvalue weighted by Crippen LogP contribution is -2.72. The first-order chi connectivity index (χ1) is 18.9. The zero-order valence-electron chi connectivity index (χ0n) is 22.7. The summed E-state index contributed by atoms with van der Waals surface area (Å²) in [5.41, 5.74) is 2.21. The number of hydrogen-bond acceptors (Lipinski definition) is 7. The van der Waals surface area contributed by atoms with Gasteiger partial charge in [0.25, 0.3) is 0 Å². The highest BCUT2D eigenvalue weighted by Gasteiger charge is 2.60. The predicted octanol–water partition coefficient (Wildman–Crippen LogP) is 5.19. The van der Waals surface area contributed by atoms with E-state index < -0.39 is 23.8 Å². The minimum Gasteiger partial charge on any atom is -0.489 e. The molecule has 5 rings (SSSR count). The Labute approximate surface area is 234 Å². The molecule has 2 fully saturated rings. The summed E-state index contributed by atoms with van der Waals surface area (Å²) in [7, 11) is 1.35. The van der Waals surface area contributed by atoms with Crippen molar-refractivity contribution in [1.29, 1.82) is 0 Å². The molecule has 0 aromatic heterocycles. The Morgan fingerprint density at radius 3 is 2.28 bits per heavy atom. The molecule has 0 N–H and O–H groups in total. The Bertz CT molecular complexity index is 1290. The Balaban J connectivity index is 1.38. The van der Waals surface area contributed by atoms with Gasteiger partial charge in [0.1, 0.15) is 29.5 Å². The number of carbonyl (C=O) groups excluding carboxylic acids is 2. The smallest absolute Gasteiger partial charge is 0.333 e. The third kappa shape index (κ3) is 5.29. The van der Waals surface area contributed by atoms with E-state index in [9.17, 15) is 9.59 Å². The number of β-lactam (4-membered cyclic amide) rings is 1. The van der Waals surface area contributed by atoms with Crippen LogP contribution in [0.1, 0.15) is 42.6 Å². The largest absolute Gasteiger partial charge is 0.489 e. The summed E-state index contributed by atoms with van der Waals surface area (Å²) in [4.78, 5) is 30.8. The third-order valence-corrected chi connectivity index (χ3v) is 8.44. The molecule has 0 spiro atoms. The van der Waals surface area contributed by atoms with Crippen molar-refractivity contribution < 1.29 is 23.8 Å². The topological polar surface area (TPSA) is 68.3 Å². The summed E-state index contributed by atoms with van der Waals surface area (Å²) < 4.78 is 17.3. The maximum atomic E-state index is 13.9. The summed E-state index contributed by atoms with van der Waals surface area (Å²) in [6, 6.07) is 26.0. The lowest BCUT2D eigenvalue weighted by atomic mass is 9.93. The van der Waals surface area contributed by atoms with E-state index in [0.717, 1.165) is 11.1 Å². The number of carbonyl (C=O) groups is 2. The van der Waals surface area contributed by atoms with Crippen molar-refractivity contribution in [2.24, 2.45) is 0 Å². The number of benzene rings is 3. The summed E-state index contributed by atoms with van der Waals surface area (Å²) in [6.07, 6.45) is 1.97. The van der Waals surface area contributed by atoms with Gasteiger partial charge >= 0.3 is 5.97 Å². The number of methoxy groups -OCH3 is 1. The first-order valence-electron chi connectivity index (χ1n) is 13.0. The van der Waals surface area contributed by atoms with Crippen LogP contribution in [0.5, 0.6) is 5.75 Å². The molecule has 2 heterocycles. The highest BCUT2D eigenvalue weighted by molar-refractivity contribution is 7.99.